The number of nitrogens with one attached hydrogen (secondary N) is 1. The number of hydrogen-bond acceptors (Lipinski definition) is 5. The van der Waals surface area contributed by atoms with Crippen LogP contribution in [0.3, 0.4) is 0 Å². The zero-order valence-corrected chi connectivity index (χ0v) is 14.0. The molecule has 0 aliphatic carbocycles. The average Bonchev–Trinajstić information content (AvgIpc) is 3.28. The Morgan fingerprint density at radius 1 is 1.36 bits per heavy atom. The van der Waals surface area contributed by atoms with E-state index in [1.54, 1.807) is 10.9 Å². The van der Waals surface area contributed by atoms with Gasteiger partial charge in [-0.25, -0.2) is 0 Å². The molecular formula is C19H19N5O. The molecule has 2 aromatic heterocycles. The van der Waals surface area contributed by atoms with Crippen LogP contribution in [0, 0.1) is 17.2 Å². The van der Waals surface area contributed by atoms with Crippen LogP contribution in [0.15, 0.2) is 42.9 Å². The fourth-order valence-electron chi connectivity index (χ4n) is 3.45. The quantitative estimate of drug-likeness (QED) is 0.794. The molecule has 6 heteroatoms. The van der Waals surface area contributed by atoms with Gasteiger partial charge in [0.05, 0.1) is 29.1 Å². The largest absolute Gasteiger partial charge is 0.383 e. The van der Waals surface area contributed by atoms with Crippen LogP contribution in [0.1, 0.15) is 23.7 Å². The van der Waals surface area contributed by atoms with Crippen molar-refractivity contribution in [1.82, 2.24) is 14.8 Å². The van der Waals surface area contributed by atoms with Gasteiger partial charge in [-0.1, -0.05) is 18.2 Å². The maximum Gasteiger partial charge on any atom is 0.103 e. The molecule has 6 nitrogen and oxygen atoms in total. The van der Waals surface area contributed by atoms with Crippen LogP contribution < -0.4 is 5.32 Å². The van der Waals surface area contributed by atoms with Gasteiger partial charge < -0.3 is 10.1 Å². The standard InChI is InChI=1S/C19H19N5O/c1-24-12-15(11-23-24)19-13(6-7-25-19)9-22-18-14(8-20)10-21-17-5-3-2-4-16(17)18/h2-5,10-13,19H,6-7,9H2,1H3,(H,21,22)/t13-,19+/m0/s1. The molecule has 126 valence electrons. The lowest BCUT2D eigenvalue weighted by atomic mass is 9.97. The van der Waals surface area contributed by atoms with E-state index >= 15 is 0 Å². The second-order valence-electron chi connectivity index (χ2n) is 6.34. The molecule has 3 heterocycles. The van der Waals surface area contributed by atoms with Gasteiger partial charge in [-0.15, -0.1) is 0 Å². The number of rotatable bonds is 4. The van der Waals surface area contributed by atoms with E-state index in [-0.39, 0.29) is 6.10 Å². The summed E-state index contributed by atoms with van der Waals surface area (Å²) in [6.07, 6.45) is 6.53. The van der Waals surface area contributed by atoms with E-state index in [4.69, 9.17) is 4.74 Å². The Morgan fingerprint density at radius 2 is 2.24 bits per heavy atom. The molecule has 0 amide bonds. The van der Waals surface area contributed by atoms with Crippen molar-refractivity contribution in [2.75, 3.05) is 18.5 Å². The second-order valence-corrected chi connectivity index (χ2v) is 6.34. The first-order chi connectivity index (χ1) is 12.3. The molecule has 3 aromatic rings. The number of aryl methyl sites for hydroxylation is 1. The fraction of sp³-hybridized carbons (Fsp3) is 0.316. The summed E-state index contributed by atoms with van der Waals surface area (Å²) >= 11 is 0. The van der Waals surface area contributed by atoms with Crippen LogP contribution in [0.25, 0.3) is 10.9 Å². The lowest BCUT2D eigenvalue weighted by molar-refractivity contribution is 0.0932. The van der Waals surface area contributed by atoms with Gasteiger partial charge in [-0.2, -0.15) is 10.4 Å². The third-order valence-corrected chi connectivity index (χ3v) is 4.70. The molecule has 1 N–H and O–H groups in total. The zero-order valence-electron chi connectivity index (χ0n) is 14.0. The molecule has 25 heavy (non-hydrogen) atoms. The molecule has 0 bridgehead atoms. The number of para-hydroxylation sites is 1. The van der Waals surface area contributed by atoms with Gasteiger partial charge in [0.2, 0.25) is 0 Å². The Hall–Kier alpha value is -2.91. The first-order valence-electron chi connectivity index (χ1n) is 8.38. The lowest BCUT2D eigenvalue weighted by Crippen LogP contribution is -2.18. The Balaban J connectivity index is 1.59. The predicted octanol–water partition coefficient (Wildman–Crippen LogP) is 3.03. The van der Waals surface area contributed by atoms with Crippen LogP contribution in [0.2, 0.25) is 0 Å². The Labute approximate surface area is 146 Å². The van der Waals surface area contributed by atoms with Crippen molar-refractivity contribution in [2.45, 2.75) is 12.5 Å². The number of anilines is 1. The van der Waals surface area contributed by atoms with E-state index in [2.05, 4.69) is 21.5 Å². The van der Waals surface area contributed by atoms with Crippen LogP contribution in [-0.4, -0.2) is 27.9 Å². The number of benzene rings is 1. The minimum Gasteiger partial charge on any atom is -0.383 e. The molecule has 0 spiro atoms. The summed E-state index contributed by atoms with van der Waals surface area (Å²) in [6, 6.07) is 10.1. The van der Waals surface area contributed by atoms with E-state index in [0.29, 0.717) is 11.5 Å². The second kappa shape index (κ2) is 6.54. The fourth-order valence-corrected chi connectivity index (χ4v) is 3.45. The maximum atomic E-state index is 9.44. The van der Waals surface area contributed by atoms with Crippen molar-refractivity contribution >= 4 is 16.6 Å². The summed E-state index contributed by atoms with van der Waals surface area (Å²) in [5, 5.41) is 18.1. The summed E-state index contributed by atoms with van der Waals surface area (Å²) in [4.78, 5) is 4.36. The van der Waals surface area contributed by atoms with Crippen molar-refractivity contribution < 1.29 is 4.74 Å². The molecule has 4 rings (SSSR count). The highest BCUT2D eigenvalue weighted by atomic mass is 16.5. The van der Waals surface area contributed by atoms with Crippen molar-refractivity contribution in [3.63, 3.8) is 0 Å². The smallest absolute Gasteiger partial charge is 0.103 e. The molecule has 1 aliphatic heterocycles. The van der Waals surface area contributed by atoms with E-state index in [1.807, 2.05) is 43.7 Å². The van der Waals surface area contributed by atoms with E-state index in [1.165, 1.54) is 0 Å². The number of fused-ring (bicyclic) bond motifs is 1. The van der Waals surface area contributed by atoms with Crippen molar-refractivity contribution in [3.8, 4) is 6.07 Å². The van der Waals surface area contributed by atoms with Crippen LogP contribution >= 0.6 is 0 Å². The highest BCUT2D eigenvalue weighted by Crippen LogP contribution is 2.35. The number of hydrogen-bond donors (Lipinski definition) is 1. The molecule has 1 aromatic carbocycles. The van der Waals surface area contributed by atoms with E-state index in [0.717, 1.165) is 41.7 Å². The summed E-state index contributed by atoms with van der Waals surface area (Å²) in [5.74, 6) is 0.336. The van der Waals surface area contributed by atoms with Crippen LogP contribution in [0.4, 0.5) is 5.69 Å². The number of nitrogens with zero attached hydrogens (tertiary/aromatic N) is 4. The number of nitriles is 1. The molecule has 2 atom stereocenters. The SMILES string of the molecule is Cn1cc([C@@H]2OCC[C@H]2CNc2c(C#N)cnc3ccccc23)cn1. The predicted molar refractivity (Wildman–Crippen MR) is 95.0 cm³/mol. The lowest BCUT2D eigenvalue weighted by Gasteiger charge is -2.19. The van der Waals surface area contributed by atoms with E-state index < -0.39 is 0 Å². The van der Waals surface area contributed by atoms with Crippen molar-refractivity contribution in [3.05, 3.63) is 54.0 Å². The first-order valence-corrected chi connectivity index (χ1v) is 8.38. The molecule has 0 unspecified atom stereocenters. The van der Waals surface area contributed by atoms with E-state index in [9.17, 15) is 5.26 Å². The number of aromatic nitrogens is 3. The number of pyridine rings is 1. The molecule has 1 saturated heterocycles. The summed E-state index contributed by atoms with van der Waals surface area (Å²) in [7, 11) is 1.91. The Bertz CT molecular complexity index is 942. The van der Waals surface area contributed by atoms with Gasteiger partial charge in [-0.05, 0) is 12.5 Å². The Kier molecular flexibility index (Phi) is 4.08. The number of ether oxygens (including phenoxy) is 1. The molecule has 1 fully saturated rings. The normalized spacial score (nSPS) is 19.8. The average molecular weight is 333 g/mol. The van der Waals surface area contributed by atoms with Gasteiger partial charge in [0, 0.05) is 49.5 Å². The zero-order chi connectivity index (χ0) is 17.2. The molecule has 0 saturated carbocycles. The summed E-state index contributed by atoms with van der Waals surface area (Å²) in [5.41, 5.74) is 3.41. The highest BCUT2D eigenvalue weighted by molar-refractivity contribution is 5.93. The van der Waals surface area contributed by atoms with Crippen LogP contribution in [0.5, 0.6) is 0 Å². The molecule has 1 aliphatic rings. The highest BCUT2D eigenvalue weighted by Gasteiger charge is 2.30. The van der Waals surface area contributed by atoms with Crippen molar-refractivity contribution in [2.24, 2.45) is 13.0 Å². The van der Waals surface area contributed by atoms with Crippen molar-refractivity contribution in [1.29, 1.82) is 5.26 Å². The van der Waals surface area contributed by atoms with Gasteiger partial charge >= 0.3 is 0 Å². The minimum atomic E-state index is 0.0415. The summed E-state index contributed by atoms with van der Waals surface area (Å²) < 4.78 is 7.72. The first kappa shape index (κ1) is 15.6. The van der Waals surface area contributed by atoms with Gasteiger partial charge in [0.25, 0.3) is 0 Å². The van der Waals surface area contributed by atoms with Crippen LogP contribution in [-0.2, 0) is 11.8 Å². The van der Waals surface area contributed by atoms with Gasteiger partial charge in [0.15, 0.2) is 0 Å². The molecular weight excluding hydrogens is 314 g/mol. The third kappa shape index (κ3) is 2.94. The van der Waals surface area contributed by atoms with Gasteiger partial charge in [-0.3, -0.25) is 9.67 Å². The summed E-state index contributed by atoms with van der Waals surface area (Å²) in [6.45, 7) is 1.48. The topological polar surface area (TPSA) is 75.8 Å². The molecule has 0 radical (unpaired) electrons. The minimum absolute atomic E-state index is 0.0415. The van der Waals surface area contributed by atoms with Gasteiger partial charge in [0.1, 0.15) is 6.07 Å². The maximum absolute atomic E-state index is 9.44. The third-order valence-electron chi connectivity index (χ3n) is 4.70. The Morgan fingerprint density at radius 3 is 3.04 bits per heavy atom. The monoisotopic (exact) mass is 333 g/mol.